The molecule has 0 aromatic rings. The maximum absolute atomic E-state index is 14.1. The van der Waals surface area contributed by atoms with E-state index < -0.39 is 11.6 Å². The fourth-order valence-electron chi connectivity index (χ4n) is 7.01. The highest BCUT2D eigenvalue weighted by Crippen LogP contribution is 2.65. The SMILES string of the molecule is C[C@]12CCCCC1CC(O)[C@@H]1[C@H]2CC[C@]2(C)C(=O)C(F)C[C@@H]12. The van der Waals surface area contributed by atoms with Crippen LogP contribution < -0.4 is 0 Å². The number of carbonyl (C=O) groups is 1. The molecule has 4 rings (SSSR count). The highest BCUT2D eigenvalue weighted by molar-refractivity contribution is 5.91. The summed E-state index contributed by atoms with van der Waals surface area (Å²) in [5.41, 5.74) is -0.208. The maximum atomic E-state index is 14.1. The molecule has 1 N–H and O–H groups in total. The van der Waals surface area contributed by atoms with Crippen molar-refractivity contribution in [1.82, 2.24) is 0 Å². The number of Topliss-reactive ketones (excluding diaryl/α,β-unsaturated/α-hetero) is 1. The van der Waals surface area contributed by atoms with Crippen LogP contribution in [0.2, 0.25) is 0 Å². The van der Waals surface area contributed by atoms with Crippen molar-refractivity contribution in [2.75, 3.05) is 0 Å². The zero-order chi connectivity index (χ0) is 15.7. The first-order valence-electron chi connectivity index (χ1n) is 9.24. The van der Waals surface area contributed by atoms with E-state index in [0.717, 1.165) is 19.3 Å². The van der Waals surface area contributed by atoms with Crippen molar-refractivity contribution in [2.45, 2.75) is 77.5 Å². The van der Waals surface area contributed by atoms with Gasteiger partial charge in [-0.05, 0) is 67.6 Å². The number of rotatable bonds is 0. The summed E-state index contributed by atoms with van der Waals surface area (Å²) in [4.78, 5) is 12.3. The lowest BCUT2D eigenvalue weighted by Gasteiger charge is -2.60. The minimum atomic E-state index is -1.29. The monoisotopic (exact) mass is 308 g/mol. The van der Waals surface area contributed by atoms with E-state index in [-0.39, 0.29) is 23.7 Å². The minimum Gasteiger partial charge on any atom is -0.393 e. The molecule has 0 heterocycles. The molecule has 0 radical (unpaired) electrons. The van der Waals surface area contributed by atoms with E-state index >= 15 is 0 Å². The van der Waals surface area contributed by atoms with Crippen LogP contribution in [0.5, 0.6) is 0 Å². The Morgan fingerprint density at radius 2 is 1.86 bits per heavy atom. The molecule has 3 heteroatoms. The first kappa shape index (κ1) is 15.1. The Labute approximate surface area is 132 Å². The van der Waals surface area contributed by atoms with Gasteiger partial charge in [-0.25, -0.2) is 4.39 Å². The third kappa shape index (κ3) is 1.78. The Balaban J connectivity index is 1.71. The van der Waals surface area contributed by atoms with Crippen LogP contribution in [-0.2, 0) is 4.79 Å². The summed E-state index contributed by atoms with van der Waals surface area (Å²) in [5, 5.41) is 10.9. The molecule has 0 spiro atoms. The number of aliphatic hydroxyl groups is 1. The average Bonchev–Trinajstić information content (AvgIpc) is 2.71. The Hall–Kier alpha value is -0.440. The Morgan fingerprint density at radius 3 is 2.64 bits per heavy atom. The summed E-state index contributed by atoms with van der Waals surface area (Å²) < 4.78 is 14.1. The Kier molecular flexibility index (Phi) is 3.28. The lowest BCUT2D eigenvalue weighted by atomic mass is 9.44. The summed E-state index contributed by atoms with van der Waals surface area (Å²) in [6.07, 6.45) is 6.50. The number of carbonyl (C=O) groups excluding carboxylic acids is 1. The molecule has 0 saturated heterocycles. The van der Waals surface area contributed by atoms with Gasteiger partial charge in [0.2, 0.25) is 0 Å². The number of hydrogen-bond donors (Lipinski definition) is 1. The molecule has 0 aromatic heterocycles. The van der Waals surface area contributed by atoms with Gasteiger partial charge in [-0.15, -0.1) is 0 Å². The van der Waals surface area contributed by atoms with E-state index in [1.807, 2.05) is 6.92 Å². The van der Waals surface area contributed by atoms with Crippen LogP contribution in [0.1, 0.15) is 65.2 Å². The third-order valence-corrected chi connectivity index (χ3v) is 8.30. The van der Waals surface area contributed by atoms with E-state index in [0.29, 0.717) is 23.7 Å². The van der Waals surface area contributed by atoms with Crippen molar-refractivity contribution in [3.8, 4) is 0 Å². The summed E-state index contributed by atoms with van der Waals surface area (Å²) in [6.45, 7) is 4.39. The van der Waals surface area contributed by atoms with Gasteiger partial charge in [-0.3, -0.25) is 4.79 Å². The molecule has 2 nitrogen and oxygen atoms in total. The fourth-order valence-corrected chi connectivity index (χ4v) is 7.01. The first-order valence-corrected chi connectivity index (χ1v) is 9.24. The van der Waals surface area contributed by atoms with Crippen LogP contribution in [-0.4, -0.2) is 23.2 Å². The minimum absolute atomic E-state index is 0.0588. The smallest absolute Gasteiger partial charge is 0.173 e. The molecule has 3 unspecified atom stereocenters. The van der Waals surface area contributed by atoms with Gasteiger partial charge >= 0.3 is 0 Å². The van der Waals surface area contributed by atoms with Gasteiger partial charge in [-0.1, -0.05) is 26.7 Å². The van der Waals surface area contributed by atoms with Crippen LogP contribution in [0.4, 0.5) is 4.39 Å². The first-order chi connectivity index (χ1) is 10.4. The van der Waals surface area contributed by atoms with Crippen molar-refractivity contribution in [2.24, 2.45) is 34.5 Å². The molecule has 8 atom stereocenters. The number of ketones is 1. The predicted octanol–water partition coefficient (Wildman–Crippen LogP) is 3.91. The van der Waals surface area contributed by atoms with Gasteiger partial charge in [0.25, 0.3) is 0 Å². The molecular formula is C19H29FO2. The summed E-state index contributed by atoms with van der Waals surface area (Å²) in [5.74, 6) is 1.13. The molecular weight excluding hydrogens is 279 g/mol. The fraction of sp³-hybridized carbons (Fsp3) is 0.947. The highest BCUT2D eigenvalue weighted by atomic mass is 19.1. The molecule has 124 valence electrons. The molecule has 4 aliphatic carbocycles. The summed E-state index contributed by atoms with van der Waals surface area (Å²) in [6, 6.07) is 0. The van der Waals surface area contributed by atoms with Gasteiger partial charge in [-0.2, -0.15) is 0 Å². The third-order valence-electron chi connectivity index (χ3n) is 8.30. The van der Waals surface area contributed by atoms with Crippen molar-refractivity contribution in [3.05, 3.63) is 0 Å². The molecule has 0 aliphatic heterocycles. The summed E-state index contributed by atoms with van der Waals surface area (Å²) >= 11 is 0. The molecule has 4 saturated carbocycles. The molecule has 22 heavy (non-hydrogen) atoms. The van der Waals surface area contributed by atoms with Crippen molar-refractivity contribution in [1.29, 1.82) is 0 Å². The van der Waals surface area contributed by atoms with Gasteiger partial charge in [0.15, 0.2) is 12.0 Å². The van der Waals surface area contributed by atoms with Gasteiger partial charge in [0, 0.05) is 5.41 Å². The van der Waals surface area contributed by atoms with E-state index in [1.165, 1.54) is 25.7 Å². The lowest BCUT2D eigenvalue weighted by molar-refractivity contribution is -0.163. The molecule has 0 amide bonds. The maximum Gasteiger partial charge on any atom is 0.173 e. The van der Waals surface area contributed by atoms with Crippen molar-refractivity contribution in [3.63, 3.8) is 0 Å². The number of alkyl halides is 1. The van der Waals surface area contributed by atoms with Crippen molar-refractivity contribution >= 4 is 5.78 Å². The Morgan fingerprint density at radius 1 is 1.09 bits per heavy atom. The van der Waals surface area contributed by atoms with Crippen LogP contribution in [0, 0.1) is 34.5 Å². The zero-order valence-electron chi connectivity index (χ0n) is 13.9. The second-order valence-electron chi connectivity index (χ2n) is 9.07. The van der Waals surface area contributed by atoms with E-state index in [2.05, 4.69) is 6.92 Å². The number of aliphatic hydroxyl groups excluding tert-OH is 1. The standard InChI is InChI=1S/C19H29FO2/c1-18-7-4-3-5-11(18)9-15(21)16-12(18)6-8-19(2)13(16)10-14(20)17(19)22/h11-16,21H,3-10H2,1-2H3/t11?,12-,13+,14?,15?,16-,18+,19+/m1/s1. The number of fused-ring (bicyclic) bond motifs is 5. The van der Waals surface area contributed by atoms with Crippen LogP contribution in [0.3, 0.4) is 0 Å². The van der Waals surface area contributed by atoms with Gasteiger partial charge in [0.05, 0.1) is 6.10 Å². The normalized spacial score (nSPS) is 57.9. The molecule has 0 aromatic carbocycles. The quantitative estimate of drug-likeness (QED) is 0.737. The van der Waals surface area contributed by atoms with Crippen LogP contribution in [0.15, 0.2) is 0 Å². The molecule has 4 aliphatic rings. The largest absolute Gasteiger partial charge is 0.393 e. The van der Waals surface area contributed by atoms with Gasteiger partial charge < -0.3 is 5.11 Å². The van der Waals surface area contributed by atoms with Crippen LogP contribution in [0.25, 0.3) is 0 Å². The van der Waals surface area contributed by atoms with E-state index in [1.54, 1.807) is 0 Å². The van der Waals surface area contributed by atoms with E-state index in [9.17, 15) is 14.3 Å². The number of halogens is 1. The Bertz CT molecular complexity index is 492. The summed E-state index contributed by atoms with van der Waals surface area (Å²) in [7, 11) is 0. The highest BCUT2D eigenvalue weighted by Gasteiger charge is 2.64. The van der Waals surface area contributed by atoms with Crippen molar-refractivity contribution < 1.29 is 14.3 Å². The lowest BCUT2D eigenvalue weighted by Crippen LogP contribution is -2.57. The predicted molar refractivity (Wildman–Crippen MR) is 83.0 cm³/mol. The topological polar surface area (TPSA) is 37.3 Å². The zero-order valence-corrected chi connectivity index (χ0v) is 13.9. The van der Waals surface area contributed by atoms with Crippen LogP contribution >= 0.6 is 0 Å². The second-order valence-corrected chi connectivity index (χ2v) is 9.07. The average molecular weight is 308 g/mol. The van der Waals surface area contributed by atoms with Gasteiger partial charge in [0.1, 0.15) is 0 Å². The molecule has 0 bridgehead atoms. The number of hydrogen-bond acceptors (Lipinski definition) is 2. The van der Waals surface area contributed by atoms with E-state index in [4.69, 9.17) is 0 Å². The second kappa shape index (κ2) is 4.78. The molecule has 4 fully saturated rings.